The average molecular weight is 452 g/mol. The van der Waals surface area contributed by atoms with Gasteiger partial charge in [-0.25, -0.2) is 18.4 Å². The third-order valence-corrected chi connectivity index (χ3v) is 6.37. The van der Waals surface area contributed by atoms with E-state index < -0.39 is 11.6 Å². The van der Waals surface area contributed by atoms with Gasteiger partial charge in [-0.2, -0.15) is 5.10 Å². The molecular weight excluding hydrogens is 432 g/mol. The van der Waals surface area contributed by atoms with Gasteiger partial charge in [0.1, 0.15) is 5.69 Å². The van der Waals surface area contributed by atoms with Crippen molar-refractivity contribution in [3.63, 3.8) is 0 Å². The van der Waals surface area contributed by atoms with Gasteiger partial charge >= 0.3 is 0 Å². The molecule has 4 aromatic rings. The van der Waals surface area contributed by atoms with E-state index in [0.717, 1.165) is 33.8 Å². The molecular formula is C23H19F2N5OS. The fraction of sp³-hybridized carbons (Fsp3) is 0.217. The lowest BCUT2D eigenvalue weighted by Crippen LogP contribution is -2.05. The number of amides is 1. The molecule has 5 rings (SSSR count). The third kappa shape index (κ3) is 3.48. The van der Waals surface area contributed by atoms with Crippen LogP contribution in [0.15, 0.2) is 36.5 Å². The first-order chi connectivity index (χ1) is 15.4. The lowest BCUT2D eigenvalue weighted by molar-refractivity contribution is -0.114. The maximum Gasteiger partial charge on any atom is 0.223 e. The van der Waals surface area contributed by atoms with E-state index in [1.165, 1.54) is 41.1 Å². The van der Waals surface area contributed by atoms with Crippen LogP contribution in [-0.2, 0) is 17.6 Å². The summed E-state index contributed by atoms with van der Waals surface area (Å²) in [5, 5.41) is 7.86. The van der Waals surface area contributed by atoms with E-state index in [1.807, 2.05) is 19.1 Å². The van der Waals surface area contributed by atoms with Crippen molar-refractivity contribution < 1.29 is 13.6 Å². The van der Waals surface area contributed by atoms with Crippen LogP contribution in [0.4, 0.5) is 13.9 Å². The van der Waals surface area contributed by atoms with Crippen molar-refractivity contribution in [2.45, 2.75) is 33.1 Å². The molecule has 1 N–H and O–H groups in total. The molecule has 0 radical (unpaired) electrons. The van der Waals surface area contributed by atoms with E-state index in [0.29, 0.717) is 29.4 Å². The quantitative estimate of drug-likeness (QED) is 0.471. The first-order valence-corrected chi connectivity index (χ1v) is 11.0. The number of hydrogen-bond acceptors (Lipinski definition) is 5. The van der Waals surface area contributed by atoms with Gasteiger partial charge in [-0.3, -0.25) is 9.78 Å². The summed E-state index contributed by atoms with van der Waals surface area (Å²) in [6.07, 6.45) is 3.88. The van der Waals surface area contributed by atoms with E-state index in [1.54, 1.807) is 6.20 Å². The van der Waals surface area contributed by atoms with Gasteiger partial charge in [-0.1, -0.05) is 17.4 Å². The van der Waals surface area contributed by atoms with Gasteiger partial charge in [0, 0.05) is 29.9 Å². The molecule has 0 saturated heterocycles. The Morgan fingerprint density at radius 1 is 1.16 bits per heavy atom. The van der Waals surface area contributed by atoms with Crippen molar-refractivity contribution in [2.75, 3.05) is 5.32 Å². The van der Waals surface area contributed by atoms with Crippen LogP contribution in [0.2, 0.25) is 0 Å². The molecule has 9 heteroatoms. The predicted molar refractivity (Wildman–Crippen MR) is 119 cm³/mol. The second-order valence-corrected chi connectivity index (χ2v) is 8.67. The number of carbonyl (C=O) groups excluding carboxylic acids is 1. The maximum atomic E-state index is 14.8. The van der Waals surface area contributed by atoms with E-state index in [4.69, 9.17) is 0 Å². The van der Waals surface area contributed by atoms with Crippen LogP contribution in [-0.4, -0.2) is 25.7 Å². The molecule has 1 aliphatic rings. The van der Waals surface area contributed by atoms with Crippen LogP contribution in [0, 0.1) is 18.6 Å². The Hall–Kier alpha value is -3.46. The first kappa shape index (κ1) is 20.4. The van der Waals surface area contributed by atoms with Crippen LogP contribution in [0.25, 0.3) is 27.5 Å². The highest BCUT2D eigenvalue weighted by atomic mass is 32.1. The Balaban J connectivity index is 1.81. The molecule has 1 aromatic carbocycles. The number of fused-ring (bicyclic) bond motifs is 3. The minimum atomic E-state index is -0.707. The lowest BCUT2D eigenvalue weighted by Gasteiger charge is -2.09. The highest BCUT2D eigenvalue weighted by molar-refractivity contribution is 7.19. The van der Waals surface area contributed by atoms with Crippen molar-refractivity contribution in [1.82, 2.24) is 19.7 Å². The van der Waals surface area contributed by atoms with Crippen molar-refractivity contribution in [2.24, 2.45) is 0 Å². The van der Waals surface area contributed by atoms with Crippen LogP contribution < -0.4 is 5.32 Å². The number of hydrogen-bond donors (Lipinski definition) is 1. The molecule has 0 aliphatic heterocycles. The number of nitrogens with one attached hydrogen (secondary N) is 1. The number of thiazole rings is 1. The van der Waals surface area contributed by atoms with Crippen molar-refractivity contribution in [3.05, 3.63) is 65.1 Å². The Bertz CT molecular complexity index is 1320. The normalized spacial score (nSPS) is 12.8. The molecule has 0 spiro atoms. The summed E-state index contributed by atoms with van der Waals surface area (Å²) in [7, 11) is 0. The van der Waals surface area contributed by atoms with Gasteiger partial charge in [0.15, 0.2) is 16.8 Å². The molecule has 6 nitrogen and oxygen atoms in total. The fourth-order valence-corrected chi connectivity index (χ4v) is 5.07. The standard InChI is InChI=1S/C23H19F2N5OS/c1-12-9-10-14(11-26-12)19-15-5-3-8-18-22(32-23(28-18)27-13(2)31)20(15)30(29-19)21-16(24)6-4-7-17(21)25/h4,6-7,9-11H,3,5,8H2,1-2H3,(H,27,28,31). The number of aryl methyl sites for hydroxylation is 2. The summed E-state index contributed by atoms with van der Waals surface area (Å²) in [6.45, 7) is 3.31. The number of nitrogens with zero attached hydrogens (tertiary/aromatic N) is 4. The van der Waals surface area contributed by atoms with E-state index >= 15 is 0 Å². The minimum Gasteiger partial charge on any atom is -0.302 e. The van der Waals surface area contributed by atoms with E-state index in [-0.39, 0.29) is 11.6 Å². The summed E-state index contributed by atoms with van der Waals surface area (Å²) < 4.78 is 31.0. The van der Waals surface area contributed by atoms with Gasteiger partial charge in [0.05, 0.1) is 22.0 Å². The van der Waals surface area contributed by atoms with Gasteiger partial charge in [-0.15, -0.1) is 0 Å². The smallest absolute Gasteiger partial charge is 0.223 e. The number of carbonyl (C=O) groups is 1. The Morgan fingerprint density at radius 2 is 1.94 bits per heavy atom. The van der Waals surface area contributed by atoms with Crippen LogP contribution >= 0.6 is 11.3 Å². The Kier molecular flexibility index (Phi) is 5.05. The lowest BCUT2D eigenvalue weighted by atomic mass is 10.0. The molecule has 0 saturated carbocycles. The number of halogens is 2. The molecule has 32 heavy (non-hydrogen) atoms. The van der Waals surface area contributed by atoms with Crippen LogP contribution in [0.3, 0.4) is 0 Å². The number of benzene rings is 1. The van der Waals surface area contributed by atoms with Crippen LogP contribution in [0.1, 0.15) is 30.3 Å². The third-order valence-electron chi connectivity index (χ3n) is 5.35. The second-order valence-electron chi connectivity index (χ2n) is 7.68. The first-order valence-electron chi connectivity index (χ1n) is 10.2. The summed E-state index contributed by atoms with van der Waals surface area (Å²) in [6, 6.07) is 7.55. The zero-order chi connectivity index (χ0) is 22.4. The van der Waals surface area contributed by atoms with E-state index in [2.05, 4.69) is 20.4 Å². The number of rotatable bonds is 3. The summed E-state index contributed by atoms with van der Waals surface area (Å²) in [5.41, 5.74) is 4.31. The van der Waals surface area contributed by atoms with Crippen molar-refractivity contribution in [3.8, 4) is 27.5 Å². The van der Waals surface area contributed by atoms with Gasteiger partial charge in [0.2, 0.25) is 5.91 Å². The van der Waals surface area contributed by atoms with Crippen molar-refractivity contribution in [1.29, 1.82) is 0 Å². The summed E-state index contributed by atoms with van der Waals surface area (Å²) in [5.74, 6) is -1.64. The summed E-state index contributed by atoms with van der Waals surface area (Å²) in [4.78, 5) is 21.3. The second kappa shape index (κ2) is 7.90. The zero-order valence-corrected chi connectivity index (χ0v) is 18.3. The molecule has 3 aromatic heterocycles. The van der Waals surface area contributed by atoms with Gasteiger partial charge < -0.3 is 5.32 Å². The molecule has 0 bridgehead atoms. The molecule has 162 valence electrons. The zero-order valence-electron chi connectivity index (χ0n) is 17.4. The maximum absolute atomic E-state index is 14.8. The largest absolute Gasteiger partial charge is 0.302 e. The number of aromatic nitrogens is 4. The summed E-state index contributed by atoms with van der Waals surface area (Å²) >= 11 is 1.29. The van der Waals surface area contributed by atoms with Gasteiger partial charge in [0.25, 0.3) is 0 Å². The molecule has 0 atom stereocenters. The van der Waals surface area contributed by atoms with E-state index in [9.17, 15) is 13.6 Å². The molecule has 0 fully saturated rings. The van der Waals surface area contributed by atoms with Crippen LogP contribution in [0.5, 0.6) is 0 Å². The number of pyridine rings is 1. The highest BCUT2D eigenvalue weighted by Crippen LogP contribution is 2.43. The van der Waals surface area contributed by atoms with Gasteiger partial charge in [-0.05, 0) is 50.5 Å². The molecule has 1 amide bonds. The minimum absolute atomic E-state index is 0.228. The highest BCUT2D eigenvalue weighted by Gasteiger charge is 2.30. The Morgan fingerprint density at radius 3 is 2.62 bits per heavy atom. The van der Waals surface area contributed by atoms with Crippen molar-refractivity contribution >= 4 is 22.4 Å². The monoisotopic (exact) mass is 451 g/mol. The topological polar surface area (TPSA) is 72.7 Å². The Labute approximate surface area is 187 Å². The average Bonchev–Trinajstić information content (AvgIpc) is 3.24. The SMILES string of the molecule is CC(=O)Nc1nc2c(s1)-c1c(c(-c3ccc(C)nc3)nn1-c1c(F)cccc1F)CCC2. The molecule has 0 unspecified atom stereocenters. The molecule has 3 heterocycles. The predicted octanol–water partition coefficient (Wildman–Crippen LogP) is 5.09. The fourth-order valence-electron chi connectivity index (χ4n) is 3.96. The number of anilines is 1. The number of para-hydroxylation sites is 1. The molecule has 1 aliphatic carbocycles.